The molecule has 3 aromatic rings. The van der Waals surface area contributed by atoms with Crippen LogP contribution in [0.3, 0.4) is 0 Å². The Morgan fingerprint density at radius 1 is 0.698 bits per heavy atom. The molecule has 0 aliphatic carbocycles. The van der Waals surface area contributed by atoms with Crippen molar-refractivity contribution in [2.75, 3.05) is 11.5 Å². The van der Waals surface area contributed by atoms with Gasteiger partial charge in [0.05, 0.1) is 0 Å². The zero-order valence-electron chi connectivity index (χ0n) is 25.6. The molecule has 0 spiro atoms. The van der Waals surface area contributed by atoms with E-state index in [1.807, 2.05) is 80.6 Å². The maximum Gasteiger partial charge on any atom is 0.408 e. The SMILES string of the molecule is Cc1ccc(CSC[C@H](NC(=O)OC(C)(C)C)C(=O)N[C@@H](CSCc2ccc(C)cc2)C(=O)OCc2ccccc2)cc1. The monoisotopic (exact) mass is 622 g/mol. The highest BCUT2D eigenvalue weighted by molar-refractivity contribution is 7.98. The minimum atomic E-state index is -0.920. The van der Waals surface area contributed by atoms with Gasteiger partial charge in [-0.1, -0.05) is 90.0 Å². The minimum Gasteiger partial charge on any atom is -0.459 e. The number of rotatable bonds is 14. The van der Waals surface area contributed by atoms with Crippen LogP contribution < -0.4 is 10.6 Å². The number of aryl methyl sites for hydroxylation is 2. The molecule has 0 saturated heterocycles. The van der Waals surface area contributed by atoms with Gasteiger partial charge in [0, 0.05) is 23.0 Å². The van der Waals surface area contributed by atoms with Gasteiger partial charge in [0.2, 0.25) is 5.91 Å². The van der Waals surface area contributed by atoms with Crippen LogP contribution in [-0.2, 0) is 37.2 Å². The quantitative estimate of drug-likeness (QED) is 0.196. The van der Waals surface area contributed by atoms with Crippen molar-refractivity contribution in [3.63, 3.8) is 0 Å². The van der Waals surface area contributed by atoms with Gasteiger partial charge < -0.3 is 20.1 Å². The lowest BCUT2D eigenvalue weighted by Crippen LogP contribution is -2.54. The van der Waals surface area contributed by atoms with Crippen molar-refractivity contribution in [3.05, 3.63) is 107 Å². The first-order valence-corrected chi connectivity index (χ1v) is 16.6. The van der Waals surface area contributed by atoms with Crippen molar-refractivity contribution in [1.29, 1.82) is 0 Å². The van der Waals surface area contributed by atoms with Crippen molar-refractivity contribution < 1.29 is 23.9 Å². The minimum absolute atomic E-state index is 0.0979. The Labute approximate surface area is 263 Å². The smallest absolute Gasteiger partial charge is 0.408 e. The highest BCUT2D eigenvalue weighted by atomic mass is 32.2. The summed E-state index contributed by atoms with van der Waals surface area (Å²) in [5.74, 6) is 0.931. The fourth-order valence-electron chi connectivity index (χ4n) is 3.86. The molecule has 2 atom stereocenters. The molecule has 0 aliphatic rings. The Bertz CT molecular complexity index is 1310. The molecule has 0 bridgehead atoms. The van der Waals surface area contributed by atoms with Crippen LogP contribution in [0, 0.1) is 13.8 Å². The van der Waals surface area contributed by atoms with Crippen molar-refractivity contribution in [2.24, 2.45) is 0 Å². The Morgan fingerprint density at radius 3 is 1.72 bits per heavy atom. The summed E-state index contributed by atoms with van der Waals surface area (Å²) in [5, 5.41) is 5.56. The van der Waals surface area contributed by atoms with E-state index in [0.29, 0.717) is 23.0 Å². The number of nitrogens with one attached hydrogen (secondary N) is 2. The molecule has 0 heterocycles. The van der Waals surface area contributed by atoms with Gasteiger partial charge in [-0.05, 0) is 51.3 Å². The largest absolute Gasteiger partial charge is 0.459 e. The van der Waals surface area contributed by atoms with E-state index in [1.54, 1.807) is 20.8 Å². The van der Waals surface area contributed by atoms with Crippen molar-refractivity contribution in [1.82, 2.24) is 10.6 Å². The highest BCUT2D eigenvalue weighted by Gasteiger charge is 2.29. The summed E-state index contributed by atoms with van der Waals surface area (Å²) in [6, 6.07) is 23.9. The number of benzene rings is 3. The summed E-state index contributed by atoms with van der Waals surface area (Å²) in [7, 11) is 0. The van der Waals surface area contributed by atoms with Gasteiger partial charge in [-0.2, -0.15) is 23.5 Å². The predicted octanol–water partition coefficient (Wildman–Crippen LogP) is 6.59. The topological polar surface area (TPSA) is 93.7 Å². The molecule has 230 valence electrons. The summed E-state index contributed by atoms with van der Waals surface area (Å²) < 4.78 is 11.0. The Kier molecular flexibility index (Phi) is 13.5. The van der Waals surface area contributed by atoms with Crippen LogP contribution in [0.2, 0.25) is 0 Å². The van der Waals surface area contributed by atoms with E-state index in [1.165, 1.54) is 34.7 Å². The van der Waals surface area contributed by atoms with Gasteiger partial charge >= 0.3 is 12.1 Å². The Morgan fingerprint density at radius 2 is 1.21 bits per heavy atom. The second-order valence-corrected chi connectivity index (χ2v) is 13.4. The third-order valence-electron chi connectivity index (χ3n) is 6.18. The fourth-order valence-corrected chi connectivity index (χ4v) is 5.88. The normalized spacial score (nSPS) is 12.6. The van der Waals surface area contributed by atoms with Crippen molar-refractivity contribution in [2.45, 2.75) is 70.4 Å². The van der Waals surface area contributed by atoms with E-state index in [9.17, 15) is 14.4 Å². The van der Waals surface area contributed by atoms with Crippen LogP contribution in [0.5, 0.6) is 0 Å². The van der Waals surface area contributed by atoms with Gasteiger partial charge in [-0.3, -0.25) is 4.79 Å². The molecule has 0 saturated carbocycles. The van der Waals surface area contributed by atoms with Crippen molar-refractivity contribution in [3.8, 4) is 0 Å². The van der Waals surface area contributed by atoms with E-state index in [-0.39, 0.29) is 6.61 Å². The van der Waals surface area contributed by atoms with Crippen LogP contribution in [0.25, 0.3) is 0 Å². The Balaban J connectivity index is 1.69. The number of esters is 1. The van der Waals surface area contributed by atoms with Gasteiger partial charge in [0.1, 0.15) is 24.3 Å². The average Bonchev–Trinajstić information content (AvgIpc) is 2.96. The summed E-state index contributed by atoms with van der Waals surface area (Å²) in [6.07, 6.45) is -0.694. The maximum atomic E-state index is 13.6. The molecule has 9 heteroatoms. The lowest BCUT2D eigenvalue weighted by Gasteiger charge is -2.25. The van der Waals surface area contributed by atoms with Gasteiger partial charge in [0.15, 0.2) is 0 Å². The maximum absolute atomic E-state index is 13.6. The predicted molar refractivity (Wildman–Crippen MR) is 176 cm³/mol. The lowest BCUT2D eigenvalue weighted by molar-refractivity contribution is -0.148. The standard InChI is InChI=1S/C34H42N2O5S2/c1-24-11-15-27(16-12-24)20-42-22-29(36-33(39)41-34(3,4)5)31(37)35-30(23-43-21-28-17-13-25(2)14-18-28)32(38)40-19-26-9-7-6-8-10-26/h6-18,29-30H,19-23H2,1-5H3,(H,35,37)(H,36,39)/t29-,30-/m0/s1. The first-order valence-electron chi connectivity index (χ1n) is 14.3. The molecule has 0 fully saturated rings. The lowest BCUT2D eigenvalue weighted by atomic mass is 10.2. The fraction of sp³-hybridized carbons (Fsp3) is 0.382. The third kappa shape index (κ3) is 13.2. The summed E-state index contributed by atoms with van der Waals surface area (Å²) in [4.78, 5) is 39.5. The summed E-state index contributed by atoms with van der Waals surface area (Å²) >= 11 is 3.04. The molecule has 0 aromatic heterocycles. The first-order chi connectivity index (χ1) is 20.5. The molecule has 0 aliphatic heterocycles. The van der Waals surface area contributed by atoms with Gasteiger partial charge in [-0.15, -0.1) is 0 Å². The number of carbonyl (C=O) groups is 3. The molecule has 2 amide bonds. The van der Waals surface area contributed by atoms with Crippen LogP contribution in [0.4, 0.5) is 4.79 Å². The van der Waals surface area contributed by atoms with Crippen LogP contribution in [0.1, 0.15) is 48.6 Å². The zero-order chi connectivity index (χ0) is 31.2. The first kappa shape index (κ1) is 34.1. The molecular formula is C34H42N2O5S2. The second kappa shape index (κ2) is 17.0. The molecule has 7 nitrogen and oxygen atoms in total. The van der Waals surface area contributed by atoms with Crippen LogP contribution >= 0.6 is 23.5 Å². The molecule has 2 N–H and O–H groups in total. The molecular weight excluding hydrogens is 581 g/mol. The van der Waals surface area contributed by atoms with Gasteiger partial charge in [-0.25, -0.2) is 9.59 Å². The summed E-state index contributed by atoms with van der Waals surface area (Å²) in [5.41, 5.74) is 4.70. The van der Waals surface area contributed by atoms with Crippen LogP contribution in [0.15, 0.2) is 78.9 Å². The van der Waals surface area contributed by atoms with E-state index in [2.05, 4.69) is 22.8 Å². The molecule has 0 radical (unpaired) electrons. The molecule has 3 aromatic carbocycles. The number of thioether (sulfide) groups is 2. The zero-order valence-corrected chi connectivity index (χ0v) is 27.2. The highest BCUT2D eigenvalue weighted by Crippen LogP contribution is 2.17. The number of ether oxygens (including phenoxy) is 2. The number of amides is 2. The van der Waals surface area contributed by atoms with E-state index < -0.39 is 35.7 Å². The van der Waals surface area contributed by atoms with Gasteiger partial charge in [0.25, 0.3) is 0 Å². The summed E-state index contributed by atoms with van der Waals surface area (Å²) in [6.45, 7) is 9.45. The van der Waals surface area contributed by atoms with E-state index in [0.717, 1.165) is 16.7 Å². The Hall–Kier alpha value is -3.43. The molecule has 0 unspecified atom stereocenters. The average molecular weight is 623 g/mol. The van der Waals surface area contributed by atoms with Crippen molar-refractivity contribution >= 4 is 41.5 Å². The van der Waals surface area contributed by atoms with E-state index >= 15 is 0 Å². The van der Waals surface area contributed by atoms with Crippen LogP contribution in [-0.4, -0.2) is 47.2 Å². The number of carbonyl (C=O) groups excluding carboxylic acids is 3. The second-order valence-electron chi connectivity index (χ2n) is 11.4. The molecule has 43 heavy (non-hydrogen) atoms. The van der Waals surface area contributed by atoms with E-state index in [4.69, 9.17) is 9.47 Å². The number of hydrogen-bond acceptors (Lipinski definition) is 7. The third-order valence-corrected chi connectivity index (χ3v) is 8.39. The molecule has 3 rings (SSSR count). The number of hydrogen-bond donors (Lipinski definition) is 2. The number of alkyl carbamates (subject to hydrolysis) is 1.